The van der Waals surface area contributed by atoms with Gasteiger partial charge in [-0.2, -0.15) is 0 Å². The maximum absolute atomic E-state index is 2.67. The molecule has 0 bridgehead atoms. The van der Waals surface area contributed by atoms with E-state index in [2.05, 4.69) is 55.4 Å². The summed E-state index contributed by atoms with van der Waals surface area (Å²) in [5.74, 6) is -0.245. The van der Waals surface area contributed by atoms with E-state index in [-0.39, 0.29) is 5.91 Å². The lowest BCUT2D eigenvalue weighted by atomic mass is 10.0. The first-order chi connectivity index (χ1) is 12.4. The molecule has 0 saturated carbocycles. The van der Waals surface area contributed by atoms with Gasteiger partial charge in [0.1, 0.15) is 6.42 Å². The van der Waals surface area contributed by atoms with Crippen molar-refractivity contribution in [1.82, 2.24) is 9.80 Å². The monoisotopic (exact) mass is 326 g/mol. The van der Waals surface area contributed by atoms with Gasteiger partial charge in [0, 0.05) is 54.2 Å². The van der Waals surface area contributed by atoms with Gasteiger partial charge < -0.3 is 0 Å². The average molecular weight is 326 g/mol. The summed E-state index contributed by atoms with van der Waals surface area (Å²) >= 11 is 0. The van der Waals surface area contributed by atoms with Crippen molar-refractivity contribution in [3.05, 3.63) is 70.6 Å². The Morgan fingerprint density at radius 1 is 0.640 bits per heavy atom. The zero-order valence-corrected chi connectivity index (χ0v) is 14.0. The van der Waals surface area contributed by atoms with Crippen molar-refractivity contribution in [1.29, 1.82) is 0 Å². The minimum absolute atomic E-state index is 0.245. The molecule has 4 nitrogen and oxygen atoms in total. The first kappa shape index (κ1) is 11.9. The van der Waals surface area contributed by atoms with E-state index in [4.69, 9.17) is 0 Å². The molecule has 8 rings (SSSR count). The van der Waals surface area contributed by atoms with Crippen LogP contribution in [0.3, 0.4) is 0 Å². The van der Waals surface area contributed by atoms with E-state index in [0.29, 0.717) is 0 Å². The van der Waals surface area contributed by atoms with Gasteiger partial charge in [-0.1, -0.05) is 21.3 Å². The Balaban J connectivity index is 1.60. The van der Waals surface area contributed by atoms with Gasteiger partial charge in [-0.05, 0) is 12.2 Å². The third-order valence-electron chi connectivity index (χ3n) is 7.08. The highest BCUT2D eigenvalue weighted by Gasteiger charge is 2.77. The van der Waals surface area contributed by atoms with E-state index in [0.717, 1.165) is 38.5 Å². The molecular weight excluding hydrogens is 308 g/mol. The molecule has 2 fully saturated rings. The van der Waals surface area contributed by atoms with Crippen LogP contribution in [0.5, 0.6) is 0 Å². The highest BCUT2D eigenvalue weighted by molar-refractivity contribution is 5.97. The van der Waals surface area contributed by atoms with Crippen LogP contribution in [0.25, 0.3) is 0 Å². The van der Waals surface area contributed by atoms with Crippen LogP contribution in [0.2, 0.25) is 0 Å². The van der Waals surface area contributed by atoms with Crippen LogP contribution in [0, 0.1) is 0 Å². The number of allylic oxidation sites excluding steroid dienone is 6. The Kier molecular flexibility index (Phi) is 1.59. The minimum Gasteiger partial charge on any atom is -0.207 e. The highest BCUT2D eigenvalue weighted by atomic mass is 15.7. The molecule has 0 radical (unpaired) electrons. The lowest BCUT2D eigenvalue weighted by Gasteiger charge is -2.50. The van der Waals surface area contributed by atoms with Gasteiger partial charge in [0.25, 0.3) is 0 Å². The highest BCUT2D eigenvalue weighted by Crippen LogP contribution is 2.57. The fourth-order valence-corrected chi connectivity index (χ4v) is 6.35. The number of hydrogen-bond acceptors (Lipinski definition) is 2. The maximum Gasteiger partial charge on any atom is 0.551 e. The van der Waals surface area contributed by atoms with Gasteiger partial charge in [-0.25, -0.2) is 9.80 Å². The molecular formula is C21H18N4+2. The van der Waals surface area contributed by atoms with Crippen molar-refractivity contribution < 1.29 is 9.15 Å². The van der Waals surface area contributed by atoms with Crippen molar-refractivity contribution >= 4 is 11.4 Å². The van der Waals surface area contributed by atoms with Gasteiger partial charge in [-0.15, -0.1) is 0 Å². The van der Waals surface area contributed by atoms with Gasteiger partial charge in [0.05, 0.1) is 12.8 Å². The molecule has 120 valence electrons. The summed E-state index contributed by atoms with van der Waals surface area (Å²) in [7, 11) is 0. The van der Waals surface area contributed by atoms with Gasteiger partial charge in [-0.3, -0.25) is 0 Å². The third-order valence-corrected chi connectivity index (χ3v) is 7.08. The predicted molar refractivity (Wildman–Crippen MR) is 93.1 cm³/mol. The summed E-state index contributed by atoms with van der Waals surface area (Å²) in [5.41, 5.74) is 11.9. The lowest BCUT2D eigenvalue weighted by molar-refractivity contribution is -0.855. The van der Waals surface area contributed by atoms with Crippen LogP contribution in [-0.4, -0.2) is 36.3 Å². The number of rotatable bonds is 0. The average Bonchev–Trinajstić information content (AvgIpc) is 3.38. The van der Waals surface area contributed by atoms with Gasteiger partial charge >= 0.3 is 5.91 Å². The molecule has 8 aliphatic heterocycles. The number of hydrogen-bond donors (Lipinski definition) is 0. The standard InChI is InChI=1S/C21H18N4/c1-2-14-10-16-5-6-18-12-20-8-7-19-11-17-4-3-15-9-13(1)22(14)21(23(15)17,24(16)18)25(19)20/h1,3,6,8,10-11H,2,4-5,7,9,12H2/q+2. The first-order valence-corrected chi connectivity index (χ1v) is 9.45. The first-order valence-electron chi connectivity index (χ1n) is 9.45. The molecule has 8 aliphatic rings. The SMILES string of the molecule is C1=C2CC=C3CC4=CCC5=CC6=[N+]7C(=CC6)CC6=CCC1=[N+]6C7(N23)N54. The second-order valence-corrected chi connectivity index (χ2v) is 8.15. The molecule has 0 unspecified atom stereocenters. The molecule has 1 spiro atoms. The van der Waals surface area contributed by atoms with Gasteiger partial charge in [0.15, 0.2) is 22.8 Å². The summed E-state index contributed by atoms with van der Waals surface area (Å²) in [5, 5.41) is 0. The normalized spacial score (nSPS) is 30.7. The van der Waals surface area contributed by atoms with Crippen molar-refractivity contribution in [2.24, 2.45) is 0 Å². The van der Waals surface area contributed by atoms with Crippen molar-refractivity contribution in [3.63, 3.8) is 0 Å². The Morgan fingerprint density at radius 3 is 1.76 bits per heavy atom. The molecule has 0 atom stereocenters. The molecule has 0 aromatic carbocycles. The van der Waals surface area contributed by atoms with Crippen LogP contribution in [-0.2, 0) is 0 Å². The van der Waals surface area contributed by atoms with Crippen molar-refractivity contribution in [3.8, 4) is 0 Å². The Labute approximate surface area is 146 Å². The lowest BCUT2D eigenvalue weighted by Crippen LogP contribution is -2.75. The Bertz CT molecular complexity index is 1010. The molecule has 0 aromatic rings. The van der Waals surface area contributed by atoms with Crippen LogP contribution in [0.4, 0.5) is 0 Å². The van der Waals surface area contributed by atoms with E-state index in [1.807, 2.05) is 0 Å². The van der Waals surface area contributed by atoms with E-state index >= 15 is 0 Å². The summed E-state index contributed by atoms with van der Waals surface area (Å²) in [4.78, 5) is 5.34. The summed E-state index contributed by atoms with van der Waals surface area (Å²) in [6.07, 6.45) is 21.2. The molecule has 0 N–H and O–H groups in total. The van der Waals surface area contributed by atoms with E-state index in [9.17, 15) is 0 Å². The molecule has 25 heavy (non-hydrogen) atoms. The largest absolute Gasteiger partial charge is 0.551 e. The summed E-state index contributed by atoms with van der Waals surface area (Å²) in [6, 6.07) is 0. The fourth-order valence-electron chi connectivity index (χ4n) is 6.35. The zero-order valence-electron chi connectivity index (χ0n) is 14.0. The molecule has 4 heteroatoms. The second kappa shape index (κ2) is 3.36. The van der Waals surface area contributed by atoms with E-state index in [1.54, 1.807) is 0 Å². The topological polar surface area (TPSA) is 12.5 Å². The van der Waals surface area contributed by atoms with E-state index in [1.165, 1.54) is 45.6 Å². The van der Waals surface area contributed by atoms with Crippen LogP contribution >= 0.6 is 0 Å². The second-order valence-electron chi connectivity index (χ2n) is 8.15. The molecule has 8 heterocycles. The fraction of sp³-hybridized carbons (Fsp3) is 0.333. The quantitative estimate of drug-likeness (QED) is 0.635. The van der Waals surface area contributed by atoms with Crippen LogP contribution < -0.4 is 0 Å². The third kappa shape index (κ3) is 1.01. The summed E-state index contributed by atoms with van der Waals surface area (Å²) in [6.45, 7) is 0. The van der Waals surface area contributed by atoms with Crippen LogP contribution in [0.1, 0.15) is 38.5 Å². The molecule has 2 saturated heterocycles. The van der Waals surface area contributed by atoms with Crippen molar-refractivity contribution in [2.45, 2.75) is 44.4 Å². The molecule has 0 aliphatic carbocycles. The Hall–Kier alpha value is -2.62. The van der Waals surface area contributed by atoms with Crippen LogP contribution in [0.15, 0.2) is 70.6 Å². The minimum atomic E-state index is -0.245. The van der Waals surface area contributed by atoms with E-state index < -0.39 is 0 Å². The smallest absolute Gasteiger partial charge is 0.207 e. The predicted octanol–water partition coefficient (Wildman–Crippen LogP) is 2.86. The summed E-state index contributed by atoms with van der Waals surface area (Å²) < 4.78 is 5.34. The Morgan fingerprint density at radius 2 is 1.20 bits per heavy atom. The molecule has 0 aromatic heterocycles. The number of nitrogens with zero attached hydrogens (tertiary/aromatic N) is 4. The molecule has 0 amide bonds. The van der Waals surface area contributed by atoms with Gasteiger partial charge in [0.2, 0.25) is 0 Å². The maximum atomic E-state index is 2.67. The van der Waals surface area contributed by atoms with Crippen molar-refractivity contribution in [2.75, 3.05) is 0 Å². The zero-order chi connectivity index (χ0) is 15.9.